The Kier molecular flexibility index (Phi) is 4.39. The molecule has 0 saturated carbocycles. The van der Waals surface area contributed by atoms with E-state index in [4.69, 9.17) is 5.84 Å². The fourth-order valence-electron chi connectivity index (χ4n) is 2.36. The van der Waals surface area contributed by atoms with Crippen LogP contribution in [-0.4, -0.2) is 53.4 Å². The van der Waals surface area contributed by atoms with Crippen LogP contribution in [0, 0.1) is 10.1 Å². The van der Waals surface area contributed by atoms with Gasteiger partial charge in [-0.2, -0.15) is 0 Å². The molecule has 1 aliphatic heterocycles. The van der Waals surface area contributed by atoms with Crippen LogP contribution < -0.4 is 11.3 Å². The number of carbonyl (C=O) groups is 1. The van der Waals surface area contributed by atoms with Crippen LogP contribution >= 0.6 is 0 Å². The van der Waals surface area contributed by atoms with E-state index in [1.54, 1.807) is 4.90 Å². The van der Waals surface area contributed by atoms with Crippen LogP contribution in [0.3, 0.4) is 0 Å². The lowest BCUT2D eigenvalue weighted by molar-refractivity contribution is -0.385. The number of hydrogen-bond acceptors (Lipinski definition) is 6. The number of nitro benzene ring substituents is 1. The van der Waals surface area contributed by atoms with Gasteiger partial charge in [-0.25, -0.2) is 0 Å². The van der Waals surface area contributed by atoms with E-state index in [0.29, 0.717) is 18.8 Å². The molecule has 0 aliphatic carbocycles. The van der Waals surface area contributed by atoms with Gasteiger partial charge in [-0.05, 0) is 26.1 Å². The number of amides is 1. The largest absolute Gasteiger partial charge is 0.336 e. The lowest BCUT2D eigenvalue weighted by atomic mass is 10.1. The minimum atomic E-state index is -0.549. The second-order valence-corrected chi connectivity index (χ2v) is 5.21. The molecule has 8 heteroatoms. The van der Waals surface area contributed by atoms with E-state index in [1.165, 1.54) is 18.2 Å². The van der Waals surface area contributed by atoms with Crippen LogP contribution in [0.5, 0.6) is 0 Å². The van der Waals surface area contributed by atoms with E-state index in [1.807, 2.05) is 14.0 Å². The minimum absolute atomic E-state index is 0.0622. The Balaban J connectivity index is 2.31. The quantitative estimate of drug-likeness (QED) is 0.482. The highest BCUT2D eigenvalue weighted by Gasteiger charge is 2.29. The molecule has 1 amide bonds. The van der Waals surface area contributed by atoms with E-state index in [-0.39, 0.29) is 23.2 Å². The zero-order chi connectivity index (χ0) is 15.6. The number of anilines is 1. The monoisotopic (exact) mass is 293 g/mol. The number of likely N-dealkylation sites (N-methyl/N-ethyl adjacent to an activating group) is 1. The van der Waals surface area contributed by atoms with Gasteiger partial charge in [-0.3, -0.25) is 20.8 Å². The number of benzene rings is 1. The standard InChI is InChI=1S/C13H19N5O3/c1-9-8-17(6-5-16(9)2)13(19)11-7-10(15-14)3-4-12(11)18(20)21/h3-4,7,9,15H,5-6,8,14H2,1-2H3. The average Bonchev–Trinajstić information content (AvgIpc) is 2.48. The number of hydrogen-bond donors (Lipinski definition) is 2. The van der Waals surface area contributed by atoms with Crippen LogP contribution in [0.15, 0.2) is 18.2 Å². The average molecular weight is 293 g/mol. The summed E-state index contributed by atoms with van der Waals surface area (Å²) in [7, 11) is 1.99. The Labute approximate surface area is 122 Å². The van der Waals surface area contributed by atoms with Gasteiger partial charge in [0.1, 0.15) is 5.56 Å². The molecular formula is C13H19N5O3. The van der Waals surface area contributed by atoms with E-state index in [9.17, 15) is 14.9 Å². The maximum Gasteiger partial charge on any atom is 0.282 e. The molecule has 8 nitrogen and oxygen atoms in total. The second kappa shape index (κ2) is 6.06. The summed E-state index contributed by atoms with van der Waals surface area (Å²) in [4.78, 5) is 26.9. The molecular weight excluding hydrogens is 274 g/mol. The van der Waals surface area contributed by atoms with Crippen molar-refractivity contribution >= 4 is 17.3 Å². The highest BCUT2D eigenvalue weighted by atomic mass is 16.6. The number of nitrogens with one attached hydrogen (secondary N) is 1. The molecule has 1 aromatic rings. The van der Waals surface area contributed by atoms with Crippen LogP contribution in [0.4, 0.5) is 11.4 Å². The Bertz CT molecular complexity index is 563. The molecule has 1 aliphatic rings. The van der Waals surface area contributed by atoms with Crippen LogP contribution in [0.1, 0.15) is 17.3 Å². The summed E-state index contributed by atoms with van der Waals surface area (Å²) < 4.78 is 0. The summed E-state index contributed by atoms with van der Waals surface area (Å²) in [5, 5.41) is 11.1. The summed E-state index contributed by atoms with van der Waals surface area (Å²) in [6.07, 6.45) is 0. The molecule has 1 aromatic carbocycles. The Morgan fingerprint density at radius 2 is 2.19 bits per heavy atom. The maximum absolute atomic E-state index is 12.6. The van der Waals surface area contributed by atoms with Crippen molar-refractivity contribution in [3.05, 3.63) is 33.9 Å². The van der Waals surface area contributed by atoms with E-state index < -0.39 is 4.92 Å². The van der Waals surface area contributed by atoms with Gasteiger partial charge in [-0.15, -0.1) is 0 Å². The first-order chi connectivity index (χ1) is 9.93. The van der Waals surface area contributed by atoms with Gasteiger partial charge in [0.05, 0.1) is 4.92 Å². The van der Waals surface area contributed by atoms with Crippen LogP contribution in [0.25, 0.3) is 0 Å². The van der Waals surface area contributed by atoms with Gasteiger partial charge in [0.25, 0.3) is 11.6 Å². The maximum atomic E-state index is 12.6. The third-order valence-corrected chi connectivity index (χ3v) is 3.84. The van der Waals surface area contributed by atoms with Gasteiger partial charge < -0.3 is 15.2 Å². The van der Waals surface area contributed by atoms with Crippen molar-refractivity contribution in [3.63, 3.8) is 0 Å². The number of piperazine rings is 1. The molecule has 1 unspecified atom stereocenters. The van der Waals surface area contributed by atoms with Crippen molar-refractivity contribution in [2.24, 2.45) is 5.84 Å². The normalized spacial score (nSPS) is 19.4. The number of nitrogens with zero attached hydrogens (tertiary/aromatic N) is 3. The second-order valence-electron chi connectivity index (χ2n) is 5.21. The third-order valence-electron chi connectivity index (χ3n) is 3.84. The minimum Gasteiger partial charge on any atom is -0.336 e. The Morgan fingerprint density at radius 3 is 2.76 bits per heavy atom. The molecule has 0 spiro atoms. The molecule has 0 radical (unpaired) electrons. The summed E-state index contributed by atoms with van der Waals surface area (Å²) in [5.41, 5.74) is 2.73. The first kappa shape index (κ1) is 15.2. The smallest absolute Gasteiger partial charge is 0.282 e. The molecule has 2 rings (SSSR count). The third kappa shape index (κ3) is 3.11. The van der Waals surface area contributed by atoms with Gasteiger partial charge in [0.2, 0.25) is 0 Å². The molecule has 21 heavy (non-hydrogen) atoms. The summed E-state index contributed by atoms with van der Waals surface area (Å²) in [6, 6.07) is 4.41. The van der Waals surface area contributed by atoms with Crippen molar-refractivity contribution in [3.8, 4) is 0 Å². The predicted molar refractivity (Wildman–Crippen MR) is 78.9 cm³/mol. The Hall–Kier alpha value is -2.19. The van der Waals surface area contributed by atoms with Crippen molar-refractivity contribution in [2.45, 2.75) is 13.0 Å². The van der Waals surface area contributed by atoms with Gasteiger partial charge in [-0.1, -0.05) is 0 Å². The van der Waals surface area contributed by atoms with Crippen molar-refractivity contribution in [2.75, 3.05) is 32.1 Å². The lowest BCUT2D eigenvalue weighted by Crippen LogP contribution is -2.52. The highest BCUT2D eigenvalue weighted by molar-refractivity contribution is 5.99. The lowest BCUT2D eigenvalue weighted by Gasteiger charge is -2.37. The SMILES string of the molecule is CC1CN(C(=O)c2cc(NN)ccc2[N+](=O)[O-])CCN1C. The van der Waals surface area contributed by atoms with Crippen LogP contribution in [0.2, 0.25) is 0 Å². The van der Waals surface area contributed by atoms with Crippen LogP contribution in [-0.2, 0) is 0 Å². The molecule has 1 fully saturated rings. The first-order valence-corrected chi connectivity index (χ1v) is 6.68. The fourth-order valence-corrected chi connectivity index (χ4v) is 2.36. The zero-order valence-electron chi connectivity index (χ0n) is 12.1. The van der Waals surface area contributed by atoms with Crippen molar-refractivity contribution in [1.82, 2.24) is 9.80 Å². The number of nitrogen functional groups attached to an aromatic ring is 1. The molecule has 3 N–H and O–H groups in total. The van der Waals surface area contributed by atoms with Gasteiger partial charge in [0.15, 0.2) is 0 Å². The molecule has 0 bridgehead atoms. The van der Waals surface area contributed by atoms with E-state index in [0.717, 1.165) is 6.54 Å². The summed E-state index contributed by atoms with van der Waals surface area (Å²) >= 11 is 0. The fraction of sp³-hybridized carbons (Fsp3) is 0.462. The molecule has 1 atom stereocenters. The highest BCUT2D eigenvalue weighted by Crippen LogP contribution is 2.24. The number of rotatable bonds is 3. The number of hydrazine groups is 1. The van der Waals surface area contributed by atoms with E-state index in [2.05, 4.69) is 10.3 Å². The van der Waals surface area contributed by atoms with Gasteiger partial charge in [0, 0.05) is 37.4 Å². The zero-order valence-corrected chi connectivity index (χ0v) is 12.1. The summed E-state index contributed by atoms with van der Waals surface area (Å²) in [5.74, 6) is 4.98. The number of nitro groups is 1. The summed E-state index contributed by atoms with van der Waals surface area (Å²) in [6.45, 7) is 3.87. The first-order valence-electron chi connectivity index (χ1n) is 6.68. The van der Waals surface area contributed by atoms with E-state index >= 15 is 0 Å². The number of nitrogens with two attached hydrogens (primary N) is 1. The van der Waals surface area contributed by atoms with Crippen molar-refractivity contribution < 1.29 is 9.72 Å². The molecule has 1 heterocycles. The molecule has 1 saturated heterocycles. The van der Waals surface area contributed by atoms with Crippen molar-refractivity contribution in [1.29, 1.82) is 0 Å². The number of carbonyl (C=O) groups excluding carboxylic acids is 1. The molecule has 114 valence electrons. The topological polar surface area (TPSA) is 105 Å². The van der Waals surface area contributed by atoms with Gasteiger partial charge >= 0.3 is 0 Å². The Morgan fingerprint density at radius 1 is 1.48 bits per heavy atom. The molecule has 0 aromatic heterocycles. The predicted octanol–water partition coefficient (Wildman–Crippen LogP) is 0.657.